The molecule has 1 heterocycles. The fraction of sp³-hybridized carbons (Fsp3) is 0.471. The average Bonchev–Trinajstić information content (AvgIpc) is 2.95. The first kappa shape index (κ1) is 15.6. The zero-order valence-corrected chi connectivity index (χ0v) is 13.2. The highest BCUT2D eigenvalue weighted by molar-refractivity contribution is 5.29. The summed E-state index contributed by atoms with van der Waals surface area (Å²) in [6.45, 7) is 5.89. The highest BCUT2D eigenvalue weighted by Crippen LogP contribution is 2.20. The molecule has 0 amide bonds. The lowest BCUT2D eigenvalue weighted by atomic mass is 10.1. The smallest absolute Gasteiger partial charge is 0.130 e. The van der Waals surface area contributed by atoms with E-state index in [2.05, 4.69) is 40.8 Å². The van der Waals surface area contributed by atoms with Crippen molar-refractivity contribution in [2.45, 2.75) is 45.9 Å². The first-order valence-corrected chi connectivity index (χ1v) is 7.67. The molecule has 21 heavy (non-hydrogen) atoms. The number of hydrogen-bond acceptors (Lipinski definition) is 3. The monoisotopic (exact) mass is 287 g/mol. The van der Waals surface area contributed by atoms with Crippen LogP contribution in [0, 0.1) is 0 Å². The minimum atomic E-state index is 0.407. The Bertz CT molecular complexity index is 529. The first-order chi connectivity index (χ1) is 10.3. The molecule has 1 unspecified atom stereocenters. The van der Waals surface area contributed by atoms with Crippen LogP contribution in [-0.2, 0) is 13.2 Å². The van der Waals surface area contributed by atoms with E-state index >= 15 is 0 Å². The standard InChI is InChI=1S/C17H25N3O/c1-4-10-20-13-19-11-15(20)12-21-16-8-6-14(7-9-16)17(5-2)18-3/h6-9,11,13,17-18H,4-5,10,12H2,1-3H3. The van der Waals surface area contributed by atoms with E-state index in [1.54, 1.807) is 0 Å². The molecule has 0 aliphatic heterocycles. The molecule has 2 rings (SSSR count). The van der Waals surface area contributed by atoms with Gasteiger partial charge >= 0.3 is 0 Å². The lowest BCUT2D eigenvalue weighted by Gasteiger charge is -2.15. The van der Waals surface area contributed by atoms with E-state index in [9.17, 15) is 0 Å². The van der Waals surface area contributed by atoms with Crippen LogP contribution < -0.4 is 10.1 Å². The summed E-state index contributed by atoms with van der Waals surface area (Å²) in [6, 6.07) is 8.74. The van der Waals surface area contributed by atoms with Gasteiger partial charge in [-0.3, -0.25) is 0 Å². The molecule has 1 aromatic carbocycles. The van der Waals surface area contributed by atoms with Gasteiger partial charge < -0.3 is 14.6 Å². The summed E-state index contributed by atoms with van der Waals surface area (Å²) in [4.78, 5) is 4.19. The van der Waals surface area contributed by atoms with Crippen LogP contribution in [-0.4, -0.2) is 16.6 Å². The van der Waals surface area contributed by atoms with Gasteiger partial charge in [0.1, 0.15) is 12.4 Å². The SMILES string of the molecule is CCCn1cncc1COc1ccc(C(CC)NC)cc1. The average molecular weight is 287 g/mol. The summed E-state index contributed by atoms with van der Waals surface area (Å²) in [5.41, 5.74) is 2.41. The number of nitrogens with zero attached hydrogens (tertiary/aromatic N) is 2. The minimum Gasteiger partial charge on any atom is -0.487 e. The normalized spacial score (nSPS) is 12.3. The predicted octanol–water partition coefficient (Wildman–Crippen LogP) is 3.54. The first-order valence-electron chi connectivity index (χ1n) is 7.67. The van der Waals surface area contributed by atoms with Crippen LogP contribution in [0.4, 0.5) is 0 Å². The molecule has 4 heteroatoms. The number of ether oxygens (including phenoxy) is 1. The molecule has 114 valence electrons. The molecule has 0 saturated carbocycles. The molecular formula is C17H25N3O. The molecular weight excluding hydrogens is 262 g/mol. The van der Waals surface area contributed by atoms with Gasteiger partial charge in [-0.05, 0) is 37.6 Å². The van der Waals surface area contributed by atoms with Crippen LogP contribution in [0.2, 0.25) is 0 Å². The fourth-order valence-electron chi connectivity index (χ4n) is 2.47. The van der Waals surface area contributed by atoms with Crippen molar-refractivity contribution in [1.82, 2.24) is 14.9 Å². The van der Waals surface area contributed by atoms with Crippen molar-refractivity contribution in [3.05, 3.63) is 48.0 Å². The van der Waals surface area contributed by atoms with Crippen molar-refractivity contribution >= 4 is 0 Å². The Morgan fingerprint density at radius 2 is 2.00 bits per heavy atom. The Morgan fingerprint density at radius 3 is 2.62 bits per heavy atom. The van der Waals surface area contributed by atoms with E-state index in [0.717, 1.165) is 30.8 Å². The zero-order chi connectivity index (χ0) is 15.1. The Hall–Kier alpha value is -1.81. The maximum Gasteiger partial charge on any atom is 0.130 e. The van der Waals surface area contributed by atoms with Crippen LogP contribution in [0.1, 0.15) is 44.0 Å². The highest BCUT2D eigenvalue weighted by atomic mass is 16.5. The summed E-state index contributed by atoms with van der Waals surface area (Å²) in [5.74, 6) is 0.897. The maximum atomic E-state index is 5.86. The van der Waals surface area contributed by atoms with Gasteiger partial charge in [0, 0.05) is 12.6 Å². The second-order valence-electron chi connectivity index (χ2n) is 5.19. The number of aromatic nitrogens is 2. The van der Waals surface area contributed by atoms with Gasteiger partial charge in [0.05, 0.1) is 18.2 Å². The van der Waals surface area contributed by atoms with E-state index in [0.29, 0.717) is 12.6 Å². The summed E-state index contributed by atoms with van der Waals surface area (Å²) in [5, 5.41) is 3.31. The highest BCUT2D eigenvalue weighted by Gasteiger charge is 2.07. The van der Waals surface area contributed by atoms with E-state index in [1.807, 2.05) is 31.7 Å². The van der Waals surface area contributed by atoms with Crippen molar-refractivity contribution in [3.63, 3.8) is 0 Å². The third-order valence-electron chi connectivity index (χ3n) is 3.69. The van der Waals surface area contributed by atoms with Crippen LogP contribution in [0.5, 0.6) is 5.75 Å². The van der Waals surface area contributed by atoms with E-state index < -0.39 is 0 Å². The van der Waals surface area contributed by atoms with Crippen molar-refractivity contribution in [2.24, 2.45) is 0 Å². The molecule has 2 aromatic rings. The fourth-order valence-corrected chi connectivity index (χ4v) is 2.47. The Balaban J connectivity index is 1.96. The number of benzene rings is 1. The number of rotatable bonds is 8. The van der Waals surface area contributed by atoms with Crippen molar-refractivity contribution in [1.29, 1.82) is 0 Å². The molecule has 0 radical (unpaired) electrons. The van der Waals surface area contributed by atoms with E-state index in [-0.39, 0.29) is 0 Å². The third-order valence-corrected chi connectivity index (χ3v) is 3.69. The molecule has 0 fully saturated rings. The summed E-state index contributed by atoms with van der Waals surface area (Å²) in [6.07, 6.45) is 5.91. The van der Waals surface area contributed by atoms with Gasteiger partial charge in [-0.25, -0.2) is 4.98 Å². The number of imidazole rings is 1. The van der Waals surface area contributed by atoms with Crippen LogP contribution in [0.25, 0.3) is 0 Å². The summed E-state index contributed by atoms with van der Waals surface area (Å²) < 4.78 is 8.00. The molecule has 4 nitrogen and oxygen atoms in total. The van der Waals surface area contributed by atoms with Crippen LogP contribution in [0.3, 0.4) is 0 Å². The molecule has 0 spiro atoms. The summed E-state index contributed by atoms with van der Waals surface area (Å²) >= 11 is 0. The third kappa shape index (κ3) is 4.08. The van der Waals surface area contributed by atoms with Crippen molar-refractivity contribution in [3.8, 4) is 5.75 Å². The lowest BCUT2D eigenvalue weighted by molar-refractivity contribution is 0.294. The Kier molecular flexibility index (Phi) is 5.81. The van der Waals surface area contributed by atoms with Crippen molar-refractivity contribution < 1.29 is 4.74 Å². The lowest BCUT2D eigenvalue weighted by Crippen LogP contribution is -2.14. The number of hydrogen-bond donors (Lipinski definition) is 1. The molecule has 1 N–H and O–H groups in total. The zero-order valence-electron chi connectivity index (χ0n) is 13.2. The molecule has 1 atom stereocenters. The largest absolute Gasteiger partial charge is 0.487 e. The van der Waals surface area contributed by atoms with Crippen LogP contribution in [0.15, 0.2) is 36.8 Å². The van der Waals surface area contributed by atoms with Gasteiger partial charge in [-0.1, -0.05) is 26.0 Å². The van der Waals surface area contributed by atoms with E-state index in [4.69, 9.17) is 4.74 Å². The minimum absolute atomic E-state index is 0.407. The Labute approximate surface area is 127 Å². The second-order valence-corrected chi connectivity index (χ2v) is 5.19. The molecule has 1 aromatic heterocycles. The van der Waals surface area contributed by atoms with Crippen molar-refractivity contribution in [2.75, 3.05) is 7.05 Å². The molecule has 0 saturated heterocycles. The maximum absolute atomic E-state index is 5.86. The quantitative estimate of drug-likeness (QED) is 0.807. The van der Waals surface area contributed by atoms with E-state index in [1.165, 1.54) is 5.56 Å². The number of nitrogens with one attached hydrogen (secondary N) is 1. The second kappa shape index (κ2) is 7.84. The van der Waals surface area contributed by atoms with Gasteiger partial charge in [0.15, 0.2) is 0 Å². The Morgan fingerprint density at radius 1 is 1.24 bits per heavy atom. The van der Waals surface area contributed by atoms with Gasteiger partial charge in [0.25, 0.3) is 0 Å². The molecule has 0 bridgehead atoms. The molecule has 0 aliphatic carbocycles. The molecule has 0 aliphatic rings. The van der Waals surface area contributed by atoms with Crippen LogP contribution >= 0.6 is 0 Å². The predicted molar refractivity (Wildman–Crippen MR) is 85.4 cm³/mol. The van der Waals surface area contributed by atoms with Gasteiger partial charge in [0.2, 0.25) is 0 Å². The number of aryl methyl sites for hydroxylation is 1. The summed E-state index contributed by atoms with van der Waals surface area (Å²) in [7, 11) is 1.99. The van der Waals surface area contributed by atoms with Gasteiger partial charge in [-0.15, -0.1) is 0 Å². The van der Waals surface area contributed by atoms with Gasteiger partial charge in [-0.2, -0.15) is 0 Å². The topological polar surface area (TPSA) is 39.1 Å².